The number of hydrogen-bond donors (Lipinski definition) is 0. The molecule has 1 heterocycles. The van der Waals surface area contributed by atoms with Crippen molar-refractivity contribution in [2.45, 2.75) is 177 Å². The molecule has 1 saturated heterocycles. The Kier molecular flexibility index (Phi) is 13.5. The van der Waals surface area contributed by atoms with Crippen molar-refractivity contribution >= 4 is 35.9 Å². The van der Waals surface area contributed by atoms with Gasteiger partial charge >= 0.3 is 29.8 Å². The van der Waals surface area contributed by atoms with Gasteiger partial charge in [-0.1, -0.05) is 72.2 Å². The van der Waals surface area contributed by atoms with Gasteiger partial charge in [-0.05, 0) is 133 Å². The van der Waals surface area contributed by atoms with Crippen LogP contribution in [-0.4, -0.2) is 73.3 Å². The highest BCUT2D eigenvalue weighted by molar-refractivity contribution is 5.87. The van der Waals surface area contributed by atoms with Crippen molar-refractivity contribution in [3.63, 3.8) is 0 Å². The molecule has 0 N–H and O–H groups in total. The summed E-state index contributed by atoms with van der Waals surface area (Å²) in [6, 6.07) is 6.62. The molecule has 0 radical (unpaired) electrons. The molecule has 0 bridgehead atoms. The Morgan fingerprint density at radius 2 is 1.28 bits per heavy atom. The fraction of sp³-hybridized carbons (Fsp3) is 0.712. The zero-order valence-electron chi connectivity index (χ0n) is 40.0. The average molecular weight is 889 g/mol. The highest BCUT2D eigenvalue weighted by Crippen LogP contribution is 2.70. The van der Waals surface area contributed by atoms with Crippen molar-refractivity contribution in [3.8, 4) is 5.75 Å². The highest BCUT2D eigenvalue weighted by Gasteiger charge is 2.64. The van der Waals surface area contributed by atoms with Gasteiger partial charge in [0.15, 0.2) is 24.6 Å². The maximum absolute atomic E-state index is 13.6. The van der Waals surface area contributed by atoms with E-state index in [9.17, 15) is 24.0 Å². The van der Waals surface area contributed by atoms with E-state index in [-0.39, 0.29) is 51.9 Å². The molecular formula is C52H72O12. The van der Waals surface area contributed by atoms with E-state index in [4.69, 9.17) is 33.2 Å². The molecule has 4 saturated carbocycles. The molecule has 6 aliphatic rings. The molecule has 5 aliphatic carbocycles. The molecule has 5 fully saturated rings. The maximum Gasteiger partial charge on any atom is 0.331 e. The van der Waals surface area contributed by atoms with Gasteiger partial charge in [0.1, 0.15) is 11.9 Å². The van der Waals surface area contributed by atoms with Crippen LogP contribution in [-0.2, 0) is 52.4 Å². The molecule has 12 nitrogen and oxygen atoms in total. The van der Waals surface area contributed by atoms with Crippen LogP contribution in [0.3, 0.4) is 0 Å². The molecule has 1 aromatic carbocycles. The number of rotatable bonds is 9. The number of esters is 5. The fourth-order valence-electron chi connectivity index (χ4n) is 14.5. The minimum absolute atomic E-state index is 0.0537. The Morgan fingerprint density at radius 1 is 0.641 bits per heavy atom. The summed E-state index contributed by atoms with van der Waals surface area (Å²) in [4.78, 5) is 61.8. The van der Waals surface area contributed by atoms with E-state index >= 15 is 0 Å². The molecule has 0 unspecified atom stereocenters. The van der Waals surface area contributed by atoms with Gasteiger partial charge in [-0.15, -0.1) is 0 Å². The first kappa shape index (κ1) is 47.9. The minimum atomic E-state index is -1.25. The summed E-state index contributed by atoms with van der Waals surface area (Å²) in [6.45, 7) is 22.1. The normalized spacial score (nSPS) is 38.6. The van der Waals surface area contributed by atoms with Crippen LogP contribution in [0.25, 0.3) is 6.08 Å². The molecule has 12 heteroatoms. The molecule has 1 aromatic rings. The minimum Gasteiger partial charge on any atom is -0.462 e. The molecule has 13 atom stereocenters. The van der Waals surface area contributed by atoms with Gasteiger partial charge in [-0.3, -0.25) is 19.2 Å². The van der Waals surface area contributed by atoms with E-state index in [1.165, 1.54) is 40.2 Å². The Labute approximate surface area is 379 Å². The van der Waals surface area contributed by atoms with Crippen molar-refractivity contribution in [2.24, 2.45) is 50.7 Å². The first-order chi connectivity index (χ1) is 30.0. The van der Waals surface area contributed by atoms with Crippen LogP contribution < -0.4 is 4.74 Å². The van der Waals surface area contributed by atoms with E-state index in [2.05, 4.69) is 54.5 Å². The molecule has 0 aromatic heterocycles. The summed E-state index contributed by atoms with van der Waals surface area (Å²) in [5.74, 6) is -0.420. The van der Waals surface area contributed by atoms with Gasteiger partial charge in [-0.2, -0.15) is 0 Å². The molecule has 352 valence electrons. The molecule has 0 spiro atoms. The van der Waals surface area contributed by atoms with Gasteiger partial charge < -0.3 is 33.2 Å². The van der Waals surface area contributed by atoms with E-state index in [1.54, 1.807) is 35.9 Å². The summed E-state index contributed by atoms with van der Waals surface area (Å²) in [5.41, 5.74) is 2.25. The van der Waals surface area contributed by atoms with Crippen LogP contribution in [0.15, 0.2) is 42.0 Å². The van der Waals surface area contributed by atoms with Crippen molar-refractivity contribution in [2.75, 3.05) is 6.61 Å². The number of fused-ring (bicyclic) bond motifs is 6. The summed E-state index contributed by atoms with van der Waals surface area (Å²) < 4.78 is 41.7. The van der Waals surface area contributed by atoms with Gasteiger partial charge in [0, 0.05) is 39.2 Å². The number of allylic oxidation sites excluding steroid dienone is 2. The predicted molar refractivity (Wildman–Crippen MR) is 238 cm³/mol. The van der Waals surface area contributed by atoms with Crippen molar-refractivity contribution in [3.05, 3.63) is 47.6 Å². The summed E-state index contributed by atoms with van der Waals surface area (Å²) >= 11 is 0. The van der Waals surface area contributed by atoms with Gasteiger partial charge in [-0.25, -0.2) is 4.79 Å². The van der Waals surface area contributed by atoms with E-state index < -0.39 is 48.5 Å². The van der Waals surface area contributed by atoms with E-state index in [1.807, 2.05) is 0 Å². The molecule has 0 amide bonds. The lowest BCUT2D eigenvalue weighted by Gasteiger charge is -2.64. The SMILES string of the molecule is CC(=O)Oc1ccc(C=CC(=O)O[C@H]2[C@H](O[C@H]3CC[C@@]4(C)[C@@H](CC[C@@]5(C)CC6=CC[C@H]7C(C)(C)[C@@H](OC(C)=O)CC[C@]7(C)[C@H]6CC[C@@H]54)C3(C)C)OC[C@H](OC(C)=O)[C@@H]2OC(C)=O)cc1. The lowest BCUT2D eigenvalue weighted by molar-refractivity contribution is -0.310. The third-order valence-electron chi connectivity index (χ3n) is 17.2. The van der Waals surface area contributed by atoms with Crippen LogP contribution in [0.1, 0.15) is 146 Å². The largest absolute Gasteiger partial charge is 0.462 e. The van der Waals surface area contributed by atoms with E-state index in [0.29, 0.717) is 35.0 Å². The monoisotopic (exact) mass is 889 g/mol. The number of hydrogen-bond acceptors (Lipinski definition) is 12. The van der Waals surface area contributed by atoms with Crippen molar-refractivity contribution in [1.29, 1.82) is 0 Å². The van der Waals surface area contributed by atoms with E-state index in [0.717, 1.165) is 57.8 Å². The Morgan fingerprint density at radius 3 is 1.94 bits per heavy atom. The van der Waals surface area contributed by atoms with Crippen LogP contribution >= 0.6 is 0 Å². The smallest absolute Gasteiger partial charge is 0.331 e. The van der Waals surface area contributed by atoms with Gasteiger partial charge in [0.2, 0.25) is 0 Å². The van der Waals surface area contributed by atoms with Gasteiger partial charge in [0.05, 0.1) is 12.7 Å². The zero-order chi connectivity index (χ0) is 46.6. The maximum atomic E-state index is 13.6. The standard InChI is InChI=1S/C52H72O12/c1-30(53)59-36-16-12-34(13-17-36)14-21-44(57)64-46-45(62-33(4)56)38(60-31(2)54)29-58-47(46)63-43-24-27-52(11)40(49(43,7)8)22-25-50(9)28-35-15-19-39-48(5,6)42(61-32(3)55)23-26-51(39,10)37(35)18-20-41(50)52/h12-17,21,37-43,45-47H,18-20,22-29H2,1-11H3/t37-,38-,39-,40-,41-,42-,43-,45-,46+,47-,50-,51+,52-/m0/s1. The Hall–Kier alpha value is -4.03. The summed E-state index contributed by atoms with van der Waals surface area (Å²) in [7, 11) is 0. The van der Waals surface area contributed by atoms with Gasteiger partial charge in [0.25, 0.3) is 0 Å². The third kappa shape index (κ3) is 9.20. The molecule has 64 heavy (non-hydrogen) atoms. The van der Waals surface area contributed by atoms with Crippen LogP contribution in [0.2, 0.25) is 0 Å². The molecule has 7 rings (SSSR count). The number of carbonyl (C=O) groups is 5. The fourth-order valence-corrected chi connectivity index (χ4v) is 14.5. The highest BCUT2D eigenvalue weighted by atomic mass is 16.7. The first-order valence-electron chi connectivity index (χ1n) is 23.6. The Bertz CT molecular complexity index is 2020. The zero-order valence-corrected chi connectivity index (χ0v) is 40.0. The van der Waals surface area contributed by atoms with Crippen molar-refractivity contribution in [1.82, 2.24) is 0 Å². The predicted octanol–water partition coefficient (Wildman–Crippen LogP) is 9.51. The molecular weight excluding hydrogens is 817 g/mol. The van der Waals surface area contributed by atoms with Crippen molar-refractivity contribution < 1.29 is 57.1 Å². The second-order valence-electron chi connectivity index (χ2n) is 21.9. The number of carbonyl (C=O) groups excluding carboxylic acids is 5. The average Bonchev–Trinajstić information content (AvgIpc) is 3.35. The quantitative estimate of drug-likeness (QED) is 0.0580. The van der Waals surface area contributed by atoms with Crippen LogP contribution in [0, 0.1) is 50.7 Å². The second kappa shape index (κ2) is 18.0. The number of ether oxygens (including phenoxy) is 7. The summed E-state index contributed by atoms with van der Waals surface area (Å²) in [5, 5.41) is 0. The lowest BCUT2D eigenvalue weighted by Crippen LogP contribution is -2.62. The topological polar surface area (TPSA) is 150 Å². The van der Waals surface area contributed by atoms with Crippen LogP contribution in [0.5, 0.6) is 5.75 Å². The summed E-state index contributed by atoms with van der Waals surface area (Å²) in [6.07, 6.45) is 10.9. The van der Waals surface area contributed by atoms with Crippen LogP contribution in [0.4, 0.5) is 0 Å². The molecule has 1 aliphatic heterocycles. The first-order valence-corrected chi connectivity index (χ1v) is 23.6. The Balaban J connectivity index is 1.10. The lowest BCUT2D eigenvalue weighted by atomic mass is 9.42. The number of benzene rings is 1. The second-order valence-corrected chi connectivity index (χ2v) is 21.9. The third-order valence-corrected chi connectivity index (χ3v) is 17.2.